The summed E-state index contributed by atoms with van der Waals surface area (Å²) >= 11 is 0. The standard InChI is InChI=1S/C8H14N4O2S/c1-2-12-9-6-8(11-12)15(13,14)10-5-7-3-4-7/h6-7,10H,2-5H2,1H3. The minimum atomic E-state index is -3.45. The fourth-order valence-electron chi connectivity index (χ4n) is 1.18. The van der Waals surface area contributed by atoms with Crippen LogP contribution in [0.1, 0.15) is 19.8 Å². The Bertz CT molecular complexity index is 435. The third-order valence-corrected chi connectivity index (χ3v) is 3.62. The van der Waals surface area contributed by atoms with Gasteiger partial charge in [-0.15, -0.1) is 5.10 Å². The number of aromatic nitrogens is 3. The monoisotopic (exact) mass is 230 g/mol. The molecule has 0 saturated heterocycles. The maximum absolute atomic E-state index is 11.7. The minimum absolute atomic E-state index is 0.00463. The Morgan fingerprint density at radius 3 is 2.87 bits per heavy atom. The van der Waals surface area contributed by atoms with E-state index in [0.29, 0.717) is 19.0 Å². The van der Waals surface area contributed by atoms with E-state index < -0.39 is 10.0 Å². The van der Waals surface area contributed by atoms with Gasteiger partial charge in [-0.2, -0.15) is 9.90 Å². The Hall–Kier alpha value is -0.950. The summed E-state index contributed by atoms with van der Waals surface area (Å²) in [5.74, 6) is 0.515. The molecule has 7 heteroatoms. The topological polar surface area (TPSA) is 76.9 Å². The summed E-state index contributed by atoms with van der Waals surface area (Å²) in [5.41, 5.74) is 0. The van der Waals surface area contributed by atoms with Crippen LogP contribution >= 0.6 is 0 Å². The second-order valence-electron chi connectivity index (χ2n) is 3.67. The molecule has 0 radical (unpaired) electrons. The van der Waals surface area contributed by atoms with Crippen molar-refractivity contribution in [3.05, 3.63) is 6.20 Å². The van der Waals surface area contributed by atoms with Crippen LogP contribution in [0.25, 0.3) is 0 Å². The van der Waals surface area contributed by atoms with Gasteiger partial charge in [0, 0.05) is 6.54 Å². The molecule has 84 valence electrons. The first kappa shape index (κ1) is 10.6. The highest BCUT2D eigenvalue weighted by atomic mass is 32.2. The number of nitrogens with zero attached hydrogens (tertiary/aromatic N) is 3. The lowest BCUT2D eigenvalue weighted by Gasteiger charge is -2.01. The maximum atomic E-state index is 11.7. The zero-order chi connectivity index (χ0) is 10.9. The zero-order valence-corrected chi connectivity index (χ0v) is 9.37. The first-order chi connectivity index (χ1) is 7.12. The van der Waals surface area contributed by atoms with Gasteiger partial charge in [0.1, 0.15) is 0 Å². The van der Waals surface area contributed by atoms with Crippen molar-refractivity contribution >= 4 is 10.0 Å². The third-order valence-electron chi connectivity index (χ3n) is 2.33. The van der Waals surface area contributed by atoms with Gasteiger partial charge in [-0.25, -0.2) is 13.1 Å². The number of aryl methyl sites for hydroxylation is 1. The van der Waals surface area contributed by atoms with Gasteiger partial charge in [0.25, 0.3) is 10.0 Å². The number of hydrogen-bond acceptors (Lipinski definition) is 4. The van der Waals surface area contributed by atoms with Crippen molar-refractivity contribution in [1.29, 1.82) is 0 Å². The van der Waals surface area contributed by atoms with Crippen molar-refractivity contribution < 1.29 is 8.42 Å². The van der Waals surface area contributed by atoms with E-state index in [9.17, 15) is 8.42 Å². The molecule has 1 saturated carbocycles. The average molecular weight is 230 g/mol. The molecule has 0 aliphatic heterocycles. The van der Waals surface area contributed by atoms with Crippen molar-refractivity contribution in [2.75, 3.05) is 6.54 Å². The van der Waals surface area contributed by atoms with Crippen LogP contribution in [-0.4, -0.2) is 30.0 Å². The summed E-state index contributed by atoms with van der Waals surface area (Å²) in [7, 11) is -3.45. The Kier molecular flexibility index (Phi) is 2.74. The zero-order valence-electron chi connectivity index (χ0n) is 8.55. The van der Waals surface area contributed by atoms with Gasteiger partial charge in [0.2, 0.25) is 5.03 Å². The second-order valence-corrected chi connectivity index (χ2v) is 5.38. The molecule has 0 atom stereocenters. The Morgan fingerprint density at radius 2 is 2.33 bits per heavy atom. The highest BCUT2D eigenvalue weighted by Crippen LogP contribution is 2.27. The Labute approximate surface area is 88.7 Å². The summed E-state index contributed by atoms with van der Waals surface area (Å²) in [4.78, 5) is 1.35. The SMILES string of the molecule is CCn1ncc(S(=O)(=O)NCC2CC2)n1. The molecule has 1 aromatic rings. The molecule has 0 spiro atoms. The minimum Gasteiger partial charge on any atom is -0.209 e. The first-order valence-electron chi connectivity index (χ1n) is 5.01. The van der Waals surface area contributed by atoms with Crippen LogP contribution in [0.4, 0.5) is 0 Å². The number of nitrogens with one attached hydrogen (secondary N) is 1. The maximum Gasteiger partial charge on any atom is 0.261 e. The molecule has 0 aromatic carbocycles. The molecule has 1 aromatic heterocycles. The lowest BCUT2D eigenvalue weighted by molar-refractivity contribution is 0.544. The van der Waals surface area contributed by atoms with Crippen molar-refractivity contribution in [2.45, 2.75) is 31.3 Å². The quantitative estimate of drug-likeness (QED) is 0.771. The molecular formula is C8H14N4O2S. The third kappa shape index (κ3) is 2.54. The molecule has 1 fully saturated rings. The predicted molar refractivity (Wildman–Crippen MR) is 53.6 cm³/mol. The van der Waals surface area contributed by atoms with Crippen molar-refractivity contribution in [3.8, 4) is 0 Å². The van der Waals surface area contributed by atoms with Crippen molar-refractivity contribution in [1.82, 2.24) is 19.7 Å². The highest BCUT2D eigenvalue weighted by molar-refractivity contribution is 7.89. The van der Waals surface area contributed by atoms with E-state index in [1.807, 2.05) is 6.92 Å². The summed E-state index contributed by atoms with van der Waals surface area (Å²) in [6, 6.07) is 0. The van der Waals surface area contributed by atoms with Crippen LogP contribution in [0.3, 0.4) is 0 Å². The molecular weight excluding hydrogens is 216 g/mol. The fraction of sp³-hybridized carbons (Fsp3) is 0.750. The van der Waals surface area contributed by atoms with Crippen LogP contribution in [0.2, 0.25) is 0 Å². The molecule has 0 amide bonds. The van der Waals surface area contributed by atoms with E-state index in [0.717, 1.165) is 12.8 Å². The average Bonchev–Trinajstić information content (AvgIpc) is 2.90. The van der Waals surface area contributed by atoms with E-state index in [1.54, 1.807) is 0 Å². The van der Waals surface area contributed by atoms with Crippen LogP contribution in [0.5, 0.6) is 0 Å². The van der Waals surface area contributed by atoms with E-state index in [1.165, 1.54) is 11.0 Å². The van der Waals surface area contributed by atoms with Gasteiger partial charge in [-0.05, 0) is 25.7 Å². The molecule has 1 aliphatic carbocycles. The molecule has 6 nitrogen and oxygen atoms in total. The Balaban J connectivity index is 2.05. The summed E-state index contributed by atoms with van der Waals surface area (Å²) < 4.78 is 25.9. The fourth-order valence-corrected chi connectivity index (χ4v) is 2.17. The number of hydrogen-bond donors (Lipinski definition) is 1. The van der Waals surface area contributed by atoms with Crippen molar-refractivity contribution in [3.63, 3.8) is 0 Å². The summed E-state index contributed by atoms with van der Waals surface area (Å²) in [6.07, 6.45) is 3.51. The number of rotatable bonds is 5. The predicted octanol–water partition coefficient (Wildman–Crippen LogP) is -0.0137. The molecule has 2 rings (SSSR count). The summed E-state index contributed by atoms with van der Waals surface area (Å²) in [5, 5.41) is 7.69. The van der Waals surface area contributed by atoms with Crippen LogP contribution in [0.15, 0.2) is 11.2 Å². The lowest BCUT2D eigenvalue weighted by Crippen LogP contribution is -2.26. The molecule has 0 unspecified atom stereocenters. The Morgan fingerprint density at radius 1 is 1.60 bits per heavy atom. The van der Waals surface area contributed by atoms with Gasteiger partial charge >= 0.3 is 0 Å². The first-order valence-corrected chi connectivity index (χ1v) is 6.50. The molecule has 0 bridgehead atoms. The highest BCUT2D eigenvalue weighted by Gasteiger charge is 2.25. The van der Waals surface area contributed by atoms with Gasteiger partial charge in [-0.3, -0.25) is 0 Å². The normalized spacial score (nSPS) is 16.9. The second kappa shape index (κ2) is 3.90. The largest absolute Gasteiger partial charge is 0.261 e. The van der Waals surface area contributed by atoms with Crippen LogP contribution in [0, 0.1) is 5.92 Å². The van der Waals surface area contributed by atoms with E-state index in [2.05, 4.69) is 14.9 Å². The number of sulfonamides is 1. The molecule has 1 N–H and O–H groups in total. The van der Waals surface area contributed by atoms with Crippen LogP contribution in [-0.2, 0) is 16.6 Å². The van der Waals surface area contributed by atoms with Gasteiger partial charge < -0.3 is 0 Å². The van der Waals surface area contributed by atoms with Crippen LogP contribution < -0.4 is 4.72 Å². The van der Waals surface area contributed by atoms with E-state index >= 15 is 0 Å². The molecule has 1 aliphatic rings. The van der Waals surface area contributed by atoms with Gasteiger partial charge in [-0.1, -0.05) is 0 Å². The lowest BCUT2D eigenvalue weighted by atomic mass is 10.4. The van der Waals surface area contributed by atoms with Gasteiger partial charge in [0.05, 0.1) is 12.7 Å². The van der Waals surface area contributed by atoms with E-state index in [-0.39, 0.29) is 5.03 Å². The molecule has 15 heavy (non-hydrogen) atoms. The van der Waals surface area contributed by atoms with E-state index in [4.69, 9.17) is 0 Å². The molecule has 1 heterocycles. The van der Waals surface area contributed by atoms with Gasteiger partial charge in [0.15, 0.2) is 0 Å². The van der Waals surface area contributed by atoms with Crippen molar-refractivity contribution in [2.24, 2.45) is 5.92 Å². The summed E-state index contributed by atoms with van der Waals surface area (Å²) in [6.45, 7) is 2.94. The smallest absolute Gasteiger partial charge is 0.209 e.